The molecule has 2 aromatic rings. The van der Waals surface area contributed by atoms with Gasteiger partial charge in [0, 0.05) is 35.8 Å². The van der Waals surface area contributed by atoms with Crippen LogP contribution >= 0.6 is 0 Å². The highest BCUT2D eigenvalue weighted by atomic mass is 14.9. The highest BCUT2D eigenvalue weighted by molar-refractivity contribution is 5.89. The van der Waals surface area contributed by atoms with E-state index in [2.05, 4.69) is 60.5 Å². The summed E-state index contributed by atoms with van der Waals surface area (Å²) in [6, 6.07) is 8.38. The minimum Gasteiger partial charge on any atom is -0.350 e. The third-order valence-electron chi connectivity index (χ3n) is 2.85. The van der Waals surface area contributed by atoms with Crippen molar-refractivity contribution >= 4 is 17.0 Å². The SMILES string of the molecule is C=C(C)C=CC([NH3+])=Cc1cn(C)c2ccccc12. The van der Waals surface area contributed by atoms with E-state index in [1.807, 2.05) is 19.1 Å². The van der Waals surface area contributed by atoms with Crippen LogP contribution in [0.15, 0.2) is 60.5 Å². The Morgan fingerprint density at radius 2 is 2.00 bits per heavy atom. The smallest absolute Gasteiger partial charge is 0.128 e. The summed E-state index contributed by atoms with van der Waals surface area (Å²) < 4.78 is 2.14. The number of aromatic nitrogens is 1. The van der Waals surface area contributed by atoms with Crippen LogP contribution in [0.4, 0.5) is 0 Å². The molecular formula is C16H19N2+. The van der Waals surface area contributed by atoms with Crippen LogP contribution in [0.3, 0.4) is 0 Å². The average Bonchev–Trinajstić information content (AvgIpc) is 2.65. The number of allylic oxidation sites excluding steroid dienone is 3. The minimum atomic E-state index is 0.981. The normalized spacial score (nSPS) is 12.5. The molecule has 2 rings (SSSR count). The van der Waals surface area contributed by atoms with Gasteiger partial charge in [-0.2, -0.15) is 0 Å². The zero-order chi connectivity index (χ0) is 13.1. The first-order chi connectivity index (χ1) is 8.58. The molecule has 18 heavy (non-hydrogen) atoms. The lowest BCUT2D eigenvalue weighted by molar-refractivity contribution is -0.292. The lowest BCUT2D eigenvalue weighted by Crippen LogP contribution is -2.46. The zero-order valence-corrected chi connectivity index (χ0v) is 11.0. The number of aryl methyl sites for hydroxylation is 1. The molecule has 0 saturated carbocycles. The van der Waals surface area contributed by atoms with Crippen molar-refractivity contribution in [1.82, 2.24) is 4.57 Å². The first kappa shape index (κ1) is 12.4. The predicted octanol–water partition coefficient (Wildman–Crippen LogP) is 2.89. The first-order valence-electron chi connectivity index (χ1n) is 5.99. The van der Waals surface area contributed by atoms with E-state index >= 15 is 0 Å². The molecular weight excluding hydrogens is 220 g/mol. The topological polar surface area (TPSA) is 32.6 Å². The third-order valence-corrected chi connectivity index (χ3v) is 2.85. The number of hydrogen-bond donors (Lipinski definition) is 1. The lowest BCUT2D eigenvalue weighted by atomic mass is 10.1. The maximum absolute atomic E-state index is 4.05. The molecule has 2 nitrogen and oxygen atoms in total. The van der Waals surface area contributed by atoms with Gasteiger partial charge in [0.05, 0.1) is 0 Å². The molecule has 0 bridgehead atoms. The molecule has 0 aliphatic rings. The molecule has 0 aliphatic heterocycles. The highest BCUT2D eigenvalue weighted by Gasteiger charge is 2.04. The van der Waals surface area contributed by atoms with Crippen LogP contribution in [0.2, 0.25) is 0 Å². The van der Waals surface area contributed by atoms with Crippen LogP contribution in [0.1, 0.15) is 12.5 Å². The molecule has 0 fully saturated rings. The van der Waals surface area contributed by atoms with Crippen LogP contribution in [-0.4, -0.2) is 4.57 Å². The molecule has 0 unspecified atom stereocenters. The Kier molecular flexibility index (Phi) is 3.49. The van der Waals surface area contributed by atoms with Gasteiger partial charge in [-0.05, 0) is 19.1 Å². The van der Waals surface area contributed by atoms with Crippen molar-refractivity contribution in [2.45, 2.75) is 6.92 Å². The van der Waals surface area contributed by atoms with Crippen LogP contribution in [0, 0.1) is 0 Å². The largest absolute Gasteiger partial charge is 0.350 e. The highest BCUT2D eigenvalue weighted by Crippen LogP contribution is 2.21. The van der Waals surface area contributed by atoms with Gasteiger partial charge in [0.25, 0.3) is 0 Å². The fourth-order valence-electron chi connectivity index (χ4n) is 1.99. The summed E-state index contributed by atoms with van der Waals surface area (Å²) in [7, 11) is 2.06. The van der Waals surface area contributed by atoms with Crippen LogP contribution in [0.5, 0.6) is 0 Å². The Hall–Kier alpha value is -2.06. The third kappa shape index (κ3) is 2.60. The van der Waals surface area contributed by atoms with Gasteiger partial charge in [-0.1, -0.05) is 36.4 Å². The van der Waals surface area contributed by atoms with E-state index in [1.54, 1.807) is 0 Å². The van der Waals surface area contributed by atoms with Gasteiger partial charge in [-0.3, -0.25) is 0 Å². The van der Waals surface area contributed by atoms with Gasteiger partial charge in [0.15, 0.2) is 0 Å². The molecule has 0 saturated heterocycles. The number of rotatable bonds is 3. The molecule has 0 spiro atoms. The summed E-state index contributed by atoms with van der Waals surface area (Å²) in [6.07, 6.45) is 8.19. The number of hydrogen-bond acceptors (Lipinski definition) is 0. The molecule has 0 radical (unpaired) electrons. The van der Waals surface area contributed by atoms with Crippen LogP contribution in [0.25, 0.3) is 17.0 Å². The van der Waals surface area contributed by atoms with Crippen molar-refractivity contribution in [3.63, 3.8) is 0 Å². The van der Waals surface area contributed by atoms with Gasteiger partial charge >= 0.3 is 0 Å². The fraction of sp³-hybridized carbons (Fsp3) is 0.125. The van der Waals surface area contributed by atoms with Crippen molar-refractivity contribution in [2.75, 3.05) is 0 Å². The second-order valence-corrected chi connectivity index (χ2v) is 4.61. The Balaban J connectivity index is 2.43. The number of para-hydroxylation sites is 1. The predicted molar refractivity (Wildman–Crippen MR) is 77.7 cm³/mol. The summed E-state index contributed by atoms with van der Waals surface area (Å²) in [5, 5.41) is 1.25. The minimum absolute atomic E-state index is 0.981. The monoisotopic (exact) mass is 239 g/mol. The standard InChI is InChI=1S/C16H18N2/c1-12(2)8-9-14(17)10-13-11-18(3)16-7-5-4-6-15(13)16/h4-11H,1,17H2,2-3H3/p+1. The molecule has 92 valence electrons. The van der Waals surface area contributed by atoms with E-state index < -0.39 is 0 Å². The maximum atomic E-state index is 4.05. The van der Waals surface area contributed by atoms with E-state index in [1.165, 1.54) is 16.5 Å². The van der Waals surface area contributed by atoms with Gasteiger partial charge in [-0.15, -0.1) is 0 Å². The first-order valence-corrected chi connectivity index (χ1v) is 5.99. The Morgan fingerprint density at radius 3 is 2.72 bits per heavy atom. The fourth-order valence-corrected chi connectivity index (χ4v) is 1.99. The molecule has 1 aromatic heterocycles. The molecule has 0 aliphatic carbocycles. The number of benzene rings is 1. The molecule has 0 amide bonds. The van der Waals surface area contributed by atoms with Crippen molar-refractivity contribution < 1.29 is 5.73 Å². The Labute approximate surface area is 108 Å². The maximum Gasteiger partial charge on any atom is 0.128 e. The molecule has 2 heteroatoms. The average molecular weight is 239 g/mol. The van der Waals surface area contributed by atoms with E-state index in [9.17, 15) is 0 Å². The van der Waals surface area contributed by atoms with E-state index in [0.717, 1.165) is 11.3 Å². The van der Waals surface area contributed by atoms with Crippen LogP contribution < -0.4 is 5.73 Å². The van der Waals surface area contributed by atoms with Gasteiger partial charge in [0.2, 0.25) is 0 Å². The lowest BCUT2D eigenvalue weighted by Gasteiger charge is -1.93. The number of fused-ring (bicyclic) bond motifs is 1. The summed E-state index contributed by atoms with van der Waals surface area (Å²) in [6.45, 7) is 5.82. The Bertz CT molecular complexity index is 642. The van der Waals surface area contributed by atoms with Crippen molar-refractivity contribution in [2.24, 2.45) is 7.05 Å². The second kappa shape index (κ2) is 5.07. The Morgan fingerprint density at radius 1 is 1.28 bits per heavy atom. The van der Waals surface area contributed by atoms with Crippen molar-refractivity contribution in [1.29, 1.82) is 0 Å². The summed E-state index contributed by atoms with van der Waals surface area (Å²) in [5.74, 6) is 0. The van der Waals surface area contributed by atoms with E-state index in [-0.39, 0.29) is 0 Å². The van der Waals surface area contributed by atoms with Gasteiger partial charge in [-0.25, -0.2) is 0 Å². The molecule has 3 N–H and O–H groups in total. The van der Waals surface area contributed by atoms with Gasteiger partial charge < -0.3 is 10.3 Å². The summed E-state index contributed by atoms with van der Waals surface area (Å²) in [5.41, 5.74) is 8.49. The zero-order valence-electron chi connectivity index (χ0n) is 11.0. The van der Waals surface area contributed by atoms with E-state index in [0.29, 0.717) is 0 Å². The molecule has 1 heterocycles. The quantitative estimate of drug-likeness (QED) is 0.799. The second-order valence-electron chi connectivity index (χ2n) is 4.61. The number of nitrogens with zero attached hydrogens (tertiary/aromatic N) is 1. The van der Waals surface area contributed by atoms with E-state index in [4.69, 9.17) is 0 Å². The molecule has 1 aromatic carbocycles. The van der Waals surface area contributed by atoms with Crippen LogP contribution in [-0.2, 0) is 7.05 Å². The summed E-state index contributed by atoms with van der Waals surface area (Å²) in [4.78, 5) is 0. The van der Waals surface area contributed by atoms with Crippen molar-refractivity contribution in [3.05, 3.63) is 66.0 Å². The van der Waals surface area contributed by atoms with Gasteiger partial charge in [0.1, 0.15) is 5.70 Å². The molecule has 0 atom stereocenters. The number of quaternary nitrogens is 1. The summed E-state index contributed by atoms with van der Waals surface area (Å²) >= 11 is 0. The van der Waals surface area contributed by atoms with Crippen molar-refractivity contribution in [3.8, 4) is 0 Å².